The van der Waals surface area contributed by atoms with Gasteiger partial charge in [-0.2, -0.15) is 0 Å². The molecule has 2 N–H and O–H groups in total. The van der Waals surface area contributed by atoms with Crippen molar-refractivity contribution in [3.63, 3.8) is 0 Å². The van der Waals surface area contributed by atoms with Crippen molar-refractivity contribution in [1.82, 2.24) is 0 Å². The normalized spacial score (nSPS) is 24.7. The maximum Gasteiger partial charge on any atom is 0.122 e. The minimum absolute atomic E-state index is 0.479. The molecule has 3 heteroatoms. The summed E-state index contributed by atoms with van der Waals surface area (Å²) in [5.74, 6) is 0.834. The van der Waals surface area contributed by atoms with Crippen LogP contribution in [0.4, 0.5) is 0 Å². The van der Waals surface area contributed by atoms with Gasteiger partial charge in [0.05, 0.1) is 18.8 Å². The predicted molar refractivity (Wildman–Crippen MR) is 57.0 cm³/mol. The Bertz CT molecular complexity index is 334. The molecule has 1 aliphatic rings. The first-order valence-corrected chi connectivity index (χ1v) is 5.32. The van der Waals surface area contributed by atoms with Crippen LogP contribution in [-0.2, 0) is 12.8 Å². The Balaban J connectivity index is 2.34. The minimum atomic E-state index is -0.667. The second kappa shape index (κ2) is 4.21. The molecule has 0 aliphatic heterocycles. The van der Waals surface area contributed by atoms with Crippen molar-refractivity contribution in [3.8, 4) is 5.75 Å². The Morgan fingerprint density at radius 3 is 2.73 bits per heavy atom. The van der Waals surface area contributed by atoms with Gasteiger partial charge in [-0.15, -0.1) is 0 Å². The van der Waals surface area contributed by atoms with E-state index < -0.39 is 12.2 Å². The maximum atomic E-state index is 9.61. The number of fused-ring (bicyclic) bond motifs is 1. The highest BCUT2D eigenvalue weighted by Gasteiger charge is 2.26. The standard InChI is InChI=1S/C12H16O3/c1-2-15-12-5-3-4-8-6-10(13)11(14)7-9(8)12/h3-5,10-11,13-14H,2,6-7H2,1H3. The van der Waals surface area contributed by atoms with Gasteiger partial charge >= 0.3 is 0 Å². The lowest BCUT2D eigenvalue weighted by atomic mass is 9.87. The number of aliphatic hydroxyl groups excluding tert-OH is 2. The fraction of sp³-hybridized carbons (Fsp3) is 0.500. The fourth-order valence-electron chi connectivity index (χ4n) is 2.03. The SMILES string of the molecule is CCOc1cccc2c1CC(O)C(O)C2. The van der Waals surface area contributed by atoms with E-state index in [1.165, 1.54) is 0 Å². The molecule has 0 bridgehead atoms. The third-order valence-corrected chi connectivity index (χ3v) is 2.82. The van der Waals surface area contributed by atoms with Gasteiger partial charge in [-0.1, -0.05) is 12.1 Å². The molecule has 0 aromatic heterocycles. The molecule has 1 aromatic rings. The molecule has 0 heterocycles. The highest BCUT2D eigenvalue weighted by atomic mass is 16.5. The number of hydrogen-bond donors (Lipinski definition) is 2. The quantitative estimate of drug-likeness (QED) is 0.759. The van der Waals surface area contributed by atoms with Gasteiger partial charge in [0.25, 0.3) is 0 Å². The summed E-state index contributed by atoms with van der Waals surface area (Å²) < 4.78 is 5.50. The zero-order valence-corrected chi connectivity index (χ0v) is 8.81. The highest BCUT2D eigenvalue weighted by Crippen LogP contribution is 2.29. The van der Waals surface area contributed by atoms with Crippen LogP contribution in [0.5, 0.6) is 5.75 Å². The molecule has 15 heavy (non-hydrogen) atoms. The summed E-state index contributed by atoms with van der Waals surface area (Å²) in [6.07, 6.45) is -0.321. The van der Waals surface area contributed by atoms with E-state index in [1.807, 2.05) is 25.1 Å². The molecule has 0 saturated carbocycles. The van der Waals surface area contributed by atoms with E-state index in [4.69, 9.17) is 4.74 Å². The molecule has 82 valence electrons. The van der Waals surface area contributed by atoms with E-state index in [-0.39, 0.29) is 0 Å². The van der Waals surface area contributed by atoms with Crippen molar-refractivity contribution in [2.24, 2.45) is 0 Å². The molecule has 2 unspecified atom stereocenters. The molecular weight excluding hydrogens is 192 g/mol. The molecule has 0 saturated heterocycles. The van der Waals surface area contributed by atoms with Gasteiger partial charge in [0, 0.05) is 18.4 Å². The Hall–Kier alpha value is -1.06. The average molecular weight is 208 g/mol. The van der Waals surface area contributed by atoms with E-state index >= 15 is 0 Å². The van der Waals surface area contributed by atoms with Crippen LogP contribution in [0, 0.1) is 0 Å². The zero-order valence-electron chi connectivity index (χ0n) is 8.81. The summed E-state index contributed by atoms with van der Waals surface area (Å²) in [4.78, 5) is 0. The molecule has 2 atom stereocenters. The van der Waals surface area contributed by atoms with Crippen LogP contribution in [0.1, 0.15) is 18.1 Å². The van der Waals surface area contributed by atoms with Crippen molar-refractivity contribution in [3.05, 3.63) is 29.3 Å². The molecule has 3 nitrogen and oxygen atoms in total. The Morgan fingerprint density at radius 2 is 2.00 bits per heavy atom. The molecule has 1 aliphatic carbocycles. The Labute approximate surface area is 89.3 Å². The number of aliphatic hydroxyl groups is 2. The summed E-state index contributed by atoms with van der Waals surface area (Å²) in [7, 11) is 0. The predicted octanol–water partition coefficient (Wildman–Crippen LogP) is 0.906. The van der Waals surface area contributed by atoms with Crippen LogP contribution >= 0.6 is 0 Å². The first kappa shape index (κ1) is 10.5. The van der Waals surface area contributed by atoms with Gasteiger partial charge in [0.15, 0.2) is 0 Å². The summed E-state index contributed by atoms with van der Waals surface area (Å²) in [6.45, 7) is 2.56. The largest absolute Gasteiger partial charge is 0.494 e. The first-order valence-electron chi connectivity index (χ1n) is 5.32. The van der Waals surface area contributed by atoms with Crippen molar-refractivity contribution < 1.29 is 14.9 Å². The van der Waals surface area contributed by atoms with Crippen molar-refractivity contribution in [2.75, 3.05) is 6.61 Å². The van der Waals surface area contributed by atoms with Gasteiger partial charge in [0.1, 0.15) is 5.75 Å². The molecule has 1 aromatic carbocycles. The number of rotatable bonds is 2. The molecular formula is C12H16O3. The van der Waals surface area contributed by atoms with Gasteiger partial charge in [-0.3, -0.25) is 0 Å². The van der Waals surface area contributed by atoms with E-state index in [0.717, 1.165) is 16.9 Å². The second-order valence-corrected chi connectivity index (χ2v) is 3.87. The van der Waals surface area contributed by atoms with Crippen molar-refractivity contribution >= 4 is 0 Å². The third kappa shape index (κ3) is 1.98. The van der Waals surface area contributed by atoms with E-state index in [0.29, 0.717) is 19.4 Å². The van der Waals surface area contributed by atoms with Crippen LogP contribution < -0.4 is 4.74 Å². The lowest BCUT2D eigenvalue weighted by Crippen LogP contribution is -2.34. The Morgan fingerprint density at radius 1 is 1.27 bits per heavy atom. The number of benzene rings is 1. The van der Waals surface area contributed by atoms with Crippen molar-refractivity contribution in [1.29, 1.82) is 0 Å². The average Bonchev–Trinajstić information content (AvgIpc) is 2.21. The summed E-state index contributed by atoms with van der Waals surface area (Å²) in [6, 6.07) is 5.81. The molecule has 2 rings (SSSR count). The number of hydrogen-bond acceptors (Lipinski definition) is 3. The van der Waals surface area contributed by atoms with E-state index in [1.54, 1.807) is 0 Å². The zero-order chi connectivity index (χ0) is 10.8. The summed E-state index contributed by atoms with van der Waals surface area (Å²) >= 11 is 0. The maximum absolute atomic E-state index is 9.61. The lowest BCUT2D eigenvalue weighted by Gasteiger charge is -2.27. The molecule has 0 fully saturated rings. The minimum Gasteiger partial charge on any atom is -0.494 e. The van der Waals surface area contributed by atoms with Crippen LogP contribution in [0.3, 0.4) is 0 Å². The van der Waals surface area contributed by atoms with E-state index in [2.05, 4.69) is 0 Å². The van der Waals surface area contributed by atoms with Crippen LogP contribution in [-0.4, -0.2) is 29.0 Å². The van der Waals surface area contributed by atoms with Crippen molar-refractivity contribution in [2.45, 2.75) is 32.0 Å². The summed E-state index contributed by atoms with van der Waals surface area (Å²) in [5.41, 5.74) is 2.12. The smallest absolute Gasteiger partial charge is 0.122 e. The van der Waals surface area contributed by atoms with Gasteiger partial charge in [-0.05, 0) is 18.6 Å². The van der Waals surface area contributed by atoms with Crippen LogP contribution in [0.25, 0.3) is 0 Å². The topological polar surface area (TPSA) is 49.7 Å². The van der Waals surface area contributed by atoms with E-state index in [9.17, 15) is 10.2 Å². The second-order valence-electron chi connectivity index (χ2n) is 3.87. The third-order valence-electron chi connectivity index (χ3n) is 2.82. The fourth-order valence-corrected chi connectivity index (χ4v) is 2.03. The molecule has 0 amide bonds. The first-order chi connectivity index (χ1) is 7.22. The summed E-state index contributed by atoms with van der Waals surface area (Å²) in [5, 5.41) is 19.2. The van der Waals surface area contributed by atoms with Gasteiger partial charge < -0.3 is 14.9 Å². The van der Waals surface area contributed by atoms with Gasteiger partial charge in [-0.25, -0.2) is 0 Å². The molecule has 0 spiro atoms. The number of ether oxygens (including phenoxy) is 1. The molecule has 0 radical (unpaired) electrons. The monoisotopic (exact) mass is 208 g/mol. The highest BCUT2D eigenvalue weighted by molar-refractivity contribution is 5.42. The van der Waals surface area contributed by atoms with Crippen LogP contribution in [0.15, 0.2) is 18.2 Å². The Kier molecular flexibility index (Phi) is 2.93. The lowest BCUT2D eigenvalue weighted by molar-refractivity contribution is 0.0136. The van der Waals surface area contributed by atoms with Gasteiger partial charge in [0.2, 0.25) is 0 Å². The van der Waals surface area contributed by atoms with Crippen LogP contribution in [0.2, 0.25) is 0 Å².